The molecule has 1 aliphatic heterocycles. The number of likely N-dealkylation sites (tertiary alicyclic amines) is 1. The minimum Gasteiger partial charge on any atom is -0.491 e. The van der Waals surface area contributed by atoms with E-state index in [0.29, 0.717) is 6.61 Å². The minimum absolute atomic E-state index is 0.376. The lowest BCUT2D eigenvalue weighted by atomic mass is 10.2. The standard InChI is InChI=1S/C14H21NO2/c1-12-6-2-3-7-14(12)17-11-13(16)10-15-8-4-5-9-15/h2-3,6-7,13,16H,4-5,8-11H2,1H3. The lowest BCUT2D eigenvalue weighted by Crippen LogP contribution is -2.33. The SMILES string of the molecule is Cc1ccccc1OCC(O)CN1CCCC1. The summed E-state index contributed by atoms with van der Waals surface area (Å²) in [6, 6.07) is 7.90. The van der Waals surface area contributed by atoms with Crippen molar-refractivity contribution in [3.8, 4) is 5.75 Å². The van der Waals surface area contributed by atoms with Crippen LogP contribution in [-0.4, -0.2) is 42.4 Å². The highest BCUT2D eigenvalue weighted by molar-refractivity contribution is 5.31. The fourth-order valence-electron chi connectivity index (χ4n) is 2.22. The summed E-state index contributed by atoms with van der Waals surface area (Å²) in [4.78, 5) is 2.30. The van der Waals surface area contributed by atoms with E-state index in [1.165, 1.54) is 12.8 Å². The average Bonchev–Trinajstić information content (AvgIpc) is 2.81. The van der Waals surface area contributed by atoms with Crippen LogP contribution in [0.4, 0.5) is 0 Å². The first kappa shape index (κ1) is 12.4. The average molecular weight is 235 g/mol. The van der Waals surface area contributed by atoms with E-state index in [-0.39, 0.29) is 0 Å². The summed E-state index contributed by atoms with van der Waals surface area (Å²) in [5.74, 6) is 0.868. The van der Waals surface area contributed by atoms with Crippen molar-refractivity contribution in [3.63, 3.8) is 0 Å². The highest BCUT2D eigenvalue weighted by atomic mass is 16.5. The molecule has 3 heteroatoms. The number of β-amino-alcohol motifs (C(OH)–C–C–N with tert-alkyl or cyclic N) is 1. The predicted molar refractivity (Wildman–Crippen MR) is 68.4 cm³/mol. The van der Waals surface area contributed by atoms with E-state index in [1.54, 1.807) is 0 Å². The molecule has 1 N–H and O–H groups in total. The van der Waals surface area contributed by atoms with Crippen molar-refractivity contribution >= 4 is 0 Å². The Balaban J connectivity index is 1.75. The van der Waals surface area contributed by atoms with E-state index in [1.807, 2.05) is 31.2 Å². The first-order valence-corrected chi connectivity index (χ1v) is 6.34. The molecule has 0 aliphatic carbocycles. The monoisotopic (exact) mass is 235 g/mol. The van der Waals surface area contributed by atoms with Gasteiger partial charge in [0.1, 0.15) is 18.5 Å². The van der Waals surface area contributed by atoms with Gasteiger partial charge in [-0.15, -0.1) is 0 Å². The number of nitrogens with zero attached hydrogens (tertiary/aromatic N) is 1. The fraction of sp³-hybridized carbons (Fsp3) is 0.571. The molecule has 1 heterocycles. The van der Waals surface area contributed by atoms with Crippen molar-refractivity contribution in [2.24, 2.45) is 0 Å². The van der Waals surface area contributed by atoms with Gasteiger partial charge in [0.05, 0.1) is 0 Å². The summed E-state index contributed by atoms with van der Waals surface area (Å²) in [6.07, 6.45) is 2.12. The van der Waals surface area contributed by atoms with Crippen molar-refractivity contribution in [2.75, 3.05) is 26.2 Å². The molecule has 1 aromatic carbocycles. The molecule has 1 fully saturated rings. The molecule has 1 aromatic rings. The van der Waals surface area contributed by atoms with Gasteiger partial charge in [-0.25, -0.2) is 0 Å². The van der Waals surface area contributed by atoms with Crippen LogP contribution in [0.25, 0.3) is 0 Å². The molecule has 17 heavy (non-hydrogen) atoms. The van der Waals surface area contributed by atoms with Gasteiger partial charge in [0.15, 0.2) is 0 Å². The van der Waals surface area contributed by atoms with Crippen molar-refractivity contribution in [1.82, 2.24) is 4.90 Å². The van der Waals surface area contributed by atoms with Crippen molar-refractivity contribution in [3.05, 3.63) is 29.8 Å². The topological polar surface area (TPSA) is 32.7 Å². The number of para-hydroxylation sites is 1. The molecule has 1 atom stereocenters. The highest BCUT2D eigenvalue weighted by Crippen LogP contribution is 2.16. The number of aryl methyl sites for hydroxylation is 1. The van der Waals surface area contributed by atoms with Crippen LogP contribution in [-0.2, 0) is 0 Å². The number of benzene rings is 1. The molecule has 1 saturated heterocycles. The van der Waals surface area contributed by atoms with Gasteiger partial charge in [-0.2, -0.15) is 0 Å². The second-order valence-electron chi connectivity index (χ2n) is 4.74. The Morgan fingerprint density at radius 3 is 2.71 bits per heavy atom. The van der Waals surface area contributed by atoms with Crippen LogP contribution in [0, 0.1) is 6.92 Å². The van der Waals surface area contributed by atoms with Crippen LogP contribution < -0.4 is 4.74 Å². The van der Waals surface area contributed by atoms with Crippen LogP contribution in [0.15, 0.2) is 24.3 Å². The van der Waals surface area contributed by atoms with E-state index in [0.717, 1.165) is 30.9 Å². The summed E-state index contributed by atoms with van der Waals surface area (Å²) in [7, 11) is 0. The van der Waals surface area contributed by atoms with Gasteiger partial charge in [0.25, 0.3) is 0 Å². The van der Waals surface area contributed by atoms with Gasteiger partial charge in [-0.05, 0) is 44.5 Å². The molecule has 0 aromatic heterocycles. The second-order valence-corrected chi connectivity index (χ2v) is 4.74. The lowest BCUT2D eigenvalue weighted by Gasteiger charge is -2.19. The number of aliphatic hydroxyl groups excluding tert-OH is 1. The van der Waals surface area contributed by atoms with Crippen LogP contribution in [0.2, 0.25) is 0 Å². The third-order valence-electron chi connectivity index (χ3n) is 3.19. The first-order valence-electron chi connectivity index (χ1n) is 6.34. The van der Waals surface area contributed by atoms with Crippen molar-refractivity contribution in [2.45, 2.75) is 25.9 Å². The van der Waals surface area contributed by atoms with E-state index in [2.05, 4.69) is 4.90 Å². The Kier molecular flexibility index (Phi) is 4.40. The number of hydrogen-bond donors (Lipinski definition) is 1. The Bertz CT molecular complexity index is 348. The summed E-state index contributed by atoms with van der Waals surface area (Å²) in [5, 5.41) is 9.90. The molecule has 0 spiro atoms. The maximum Gasteiger partial charge on any atom is 0.122 e. The second kappa shape index (κ2) is 6.03. The Morgan fingerprint density at radius 2 is 2.00 bits per heavy atom. The maximum atomic E-state index is 9.90. The third kappa shape index (κ3) is 3.72. The fourth-order valence-corrected chi connectivity index (χ4v) is 2.22. The zero-order chi connectivity index (χ0) is 12.1. The van der Waals surface area contributed by atoms with Gasteiger partial charge >= 0.3 is 0 Å². The highest BCUT2D eigenvalue weighted by Gasteiger charge is 2.16. The molecule has 0 amide bonds. The first-order chi connectivity index (χ1) is 8.25. The molecule has 2 rings (SSSR count). The third-order valence-corrected chi connectivity index (χ3v) is 3.19. The molecule has 0 bridgehead atoms. The summed E-state index contributed by atoms with van der Waals surface area (Å²) >= 11 is 0. The summed E-state index contributed by atoms with van der Waals surface area (Å²) in [6.45, 7) is 5.35. The van der Waals surface area contributed by atoms with E-state index in [9.17, 15) is 5.11 Å². The van der Waals surface area contributed by atoms with Gasteiger partial charge in [0.2, 0.25) is 0 Å². The van der Waals surface area contributed by atoms with E-state index >= 15 is 0 Å². The number of ether oxygens (including phenoxy) is 1. The van der Waals surface area contributed by atoms with Crippen LogP contribution in [0.5, 0.6) is 5.75 Å². The van der Waals surface area contributed by atoms with Crippen LogP contribution >= 0.6 is 0 Å². The minimum atomic E-state index is -0.396. The molecule has 94 valence electrons. The molecular formula is C14H21NO2. The lowest BCUT2D eigenvalue weighted by molar-refractivity contribution is 0.0756. The Labute approximate surface area is 103 Å². The van der Waals surface area contributed by atoms with Crippen LogP contribution in [0.1, 0.15) is 18.4 Å². The Hall–Kier alpha value is -1.06. The molecular weight excluding hydrogens is 214 g/mol. The molecule has 1 unspecified atom stereocenters. The van der Waals surface area contributed by atoms with E-state index < -0.39 is 6.10 Å². The number of aliphatic hydroxyl groups is 1. The number of rotatable bonds is 5. The van der Waals surface area contributed by atoms with Gasteiger partial charge in [-0.3, -0.25) is 0 Å². The van der Waals surface area contributed by atoms with E-state index in [4.69, 9.17) is 4.74 Å². The predicted octanol–water partition coefficient (Wildman–Crippen LogP) is 1.83. The quantitative estimate of drug-likeness (QED) is 0.845. The maximum absolute atomic E-state index is 9.90. The summed E-state index contributed by atoms with van der Waals surface area (Å²) < 4.78 is 5.63. The molecule has 3 nitrogen and oxygen atoms in total. The zero-order valence-electron chi connectivity index (χ0n) is 10.4. The Morgan fingerprint density at radius 1 is 1.29 bits per heavy atom. The summed E-state index contributed by atoms with van der Waals surface area (Å²) in [5.41, 5.74) is 1.11. The normalized spacial score (nSPS) is 18.2. The van der Waals surface area contributed by atoms with Gasteiger partial charge < -0.3 is 14.7 Å². The molecule has 0 radical (unpaired) electrons. The van der Waals surface area contributed by atoms with Crippen LogP contribution in [0.3, 0.4) is 0 Å². The smallest absolute Gasteiger partial charge is 0.122 e. The molecule has 0 saturated carbocycles. The van der Waals surface area contributed by atoms with Gasteiger partial charge in [-0.1, -0.05) is 18.2 Å². The number of hydrogen-bond acceptors (Lipinski definition) is 3. The van der Waals surface area contributed by atoms with Gasteiger partial charge in [0, 0.05) is 6.54 Å². The molecule has 1 aliphatic rings. The van der Waals surface area contributed by atoms with Crippen molar-refractivity contribution in [1.29, 1.82) is 0 Å². The largest absolute Gasteiger partial charge is 0.491 e. The van der Waals surface area contributed by atoms with Crippen molar-refractivity contribution < 1.29 is 9.84 Å². The zero-order valence-corrected chi connectivity index (χ0v) is 10.4.